The van der Waals surface area contributed by atoms with Crippen molar-refractivity contribution in [3.63, 3.8) is 0 Å². The first kappa shape index (κ1) is 14.5. The highest BCUT2D eigenvalue weighted by Gasteiger charge is 2.13. The maximum Gasteiger partial charge on any atom is 0.124 e. The monoisotopic (exact) mass is 342 g/mol. The van der Waals surface area contributed by atoms with Gasteiger partial charge in [0.1, 0.15) is 5.82 Å². The van der Waals surface area contributed by atoms with E-state index in [1.807, 2.05) is 13.0 Å². The average molecular weight is 344 g/mol. The summed E-state index contributed by atoms with van der Waals surface area (Å²) in [5.41, 5.74) is 2.36. The van der Waals surface area contributed by atoms with Crippen LogP contribution >= 0.6 is 27.5 Å². The van der Waals surface area contributed by atoms with E-state index in [9.17, 15) is 9.50 Å². The Morgan fingerprint density at radius 2 is 2.05 bits per heavy atom. The van der Waals surface area contributed by atoms with Gasteiger partial charge in [-0.05, 0) is 47.9 Å². The summed E-state index contributed by atoms with van der Waals surface area (Å²) < 4.78 is 14.0. The van der Waals surface area contributed by atoms with Gasteiger partial charge in [0.05, 0.1) is 6.10 Å². The minimum absolute atomic E-state index is 0.320. The molecule has 0 saturated heterocycles. The lowest BCUT2D eigenvalue weighted by molar-refractivity contribution is 0.177. The SMILES string of the molecule is Cc1c(Cl)cccc1C(O)Cc1cc(F)cc(Br)c1. The van der Waals surface area contributed by atoms with Gasteiger partial charge in [-0.2, -0.15) is 0 Å². The zero-order valence-corrected chi connectivity index (χ0v) is 12.7. The molecule has 0 saturated carbocycles. The molecule has 0 heterocycles. The van der Waals surface area contributed by atoms with Crippen molar-refractivity contribution < 1.29 is 9.50 Å². The zero-order valence-electron chi connectivity index (χ0n) is 10.3. The summed E-state index contributed by atoms with van der Waals surface area (Å²) in [7, 11) is 0. The van der Waals surface area contributed by atoms with Crippen molar-refractivity contribution in [2.24, 2.45) is 0 Å². The molecular formula is C15H13BrClFO. The molecule has 1 nitrogen and oxygen atoms in total. The van der Waals surface area contributed by atoms with Crippen molar-refractivity contribution in [1.29, 1.82) is 0 Å². The lowest BCUT2D eigenvalue weighted by atomic mass is 9.98. The topological polar surface area (TPSA) is 20.2 Å². The van der Waals surface area contributed by atoms with E-state index in [1.54, 1.807) is 18.2 Å². The minimum Gasteiger partial charge on any atom is -0.388 e. The Morgan fingerprint density at radius 1 is 1.32 bits per heavy atom. The van der Waals surface area contributed by atoms with E-state index in [0.717, 1.165) is 16.7 Å². The molecular weight excluding hydrogens is 331 g/mol. The Bertz CT molecular complexity index is 580. The summed E-state index contributed by atoms with van der Waals surface area (Å²) in [5.74, 6) is -0.320. The van der Waals surface area contributed by atoms with E-state index in [4.69, 9.17) is 11.6 Å². The summed E-state index contributed by atoms with van der Waals surface area (Å²) in [4.78, 5) is 0. The van der Waals surface area contributed by atoms with Crippen LogP contribution in [-0.2, 0) is 6.42 Å². The molecule has 0 amide bonds. The predicted octanol–water partition coefficient (Wildman–Crippen LogP) is 4.83. The Balaban J connectivity index is 2.25. The van der Waals surface area contributed by atoms with Crippen LogP contribution in [0, 0.1) is 12.7 Å². The molecule has 0 radical (unpaired) electrons. The third kappa shape index (κ3) is 3.56. The molecule has 2 aromatic rings. The van der Waals surface area contributed by atoms with Gasteiger partial charge in [-0.15, -0.1) is 0 Å². The van der Waals surface area contributed by atoms with Crippen LogP contribution in [0.3, 0.4) is 0 Å². The molecule has 1 unspecified atom stereocenters. The summed E-state index contributed by atoms with van der Waals surface area (Å²) in [5, 5.41) is 10.9. The van der Waals surface area contributed by atoms with Crippen LogP contribution in [0.4, 0.5) is 4.39 Å². The van der Waals surface area contributed by atoms with Gasteiger partial charge in [-0.3, -0.25) is 0 Å². The van der Waals surface area contributed by atoms with Crippen LogP contribution in [0.1, 0.15) is 22.8 Å². The van der Waals surface area contributed by atoms with Crippen molar-refractivity contribution >= 4 is 27.5 Å². The first-order chi connectivity index (χ1) is 8.97. The van der Waals surface area contributed by atoms with E-state index in [2.05, 4.69) is 15.9 Å². The molecule has 0 bridgehead atoms. The zero-order chi connectivity index (χ0) is 14.0. The first-order valence-electron chi connectivity index (χ1n) is 5.85. The van der Waals surface area contributed by atoms with Crippen LogP contribution in [0.2, 0.25) is 5.02 Å². The molecule has 0 aliphatic carbocycles. The summed E-state index contributed by atoms with van der Waals surface area (Å²) in [6, 6.07) is 10.0. The van der Waals surface area contributed by atoms with E-state index < -0.39 is 6.10 Å². The maximum atomic E-state index is 13.3. The quantitative estimate of drug-likeness (QED) is 0.846. The highest BCUT2D eigenvalue weighted by molar-refractivity contribution is 9.10. The van der Waals surface area contributed by atoms with Gasteiger partial charge in [0.25, 0.3) is 0 Å². The van der Waals surface area contributed by atoms with Crippen LogP contribution in [0.5, 0.6) is 0 Å². The number of aliphatic hydroxyl groups excluding tert-OH is 1. The second kappa shape index (κ2) is 6.04. The Morgan fingerprint density at radius 3 is 2.74 bits per heavy atom. The van der Waals surface area contributed by atoms with Gasteiger partial charge in [-0.25, -0.2) is 4.39 Å². The predicted molar refractivity (Wildman–Crippen MR) is 79.0 cm³/mol. The second-order valence-corrected chi connectivity index (χ2v) is 5.77. The molecule has 0 aromatic heterocycles. The van der Waals surface area contributed by atoms with Crippen molar-refractivity contribution in [2.75, 3.05) is 0 Å². The third-order valence-electron chi connectivity index (χ3n) is 3.02. The molecule has 2 rings (SSSR count). The van der Waals surface area contributed by atoms with Crippen LogP contribution in [0.15, 0.2) is 40.9 Å². The molecule has 0 aliphatic heterocycles. The van der Waals surface area contributed by atoms with Crippen LogP contribution in [-0.4, -0.2) is 5.11 Å². The van der Waals surface area contributed by atoms with Gasteiger partial charge >= 0.3 is 0 Å². The largest absolute Gasteiger partial charge is 0.388 e. The fraction of sp³-hybridized carbons (Fsp3) is 0.200. The lowest BCUT2D eigenvalue weighted by Gasteiger charge is -2.15. The summed E-state index contributed by atoms with van der Waals surface area (Å²) >= 11 is 9.28. The van der Waals surface area contributed by atoms with Gasteiger partial charge in [-0.1, -0.05) is 39.7 Å². The molecule has 0 fully saturated rings. The second-order valence-electron chi connectivity index (χ2n) is 4.45. The van der Waals surface area contributed by atoms with Gasteiger partial charge in [0, 0.05) is 15.9 Å². The Kier molecular flexibility index (Phi) is 4.61. The molecule has 0 spiro atoms. The standard InChI is InChI=1S/C15H13BrClFO/c1-9-13(3-2-4-14(9)17)15(19)7-10-5-11(16)8-12(18)6-10/h2-6,8,15,19H,7H2,1H3. The molecule has 0 aliphatic rings. The van der Waals surface area contributed by atoms with Crippen LogP contribution < -0.4 is 0 Å². The summed E-state index contributed by atoms with van der Waals surface area (Å²) in [6.45, 7) is 1.86. The smallest absolute Gasteiger partial charge is 0.124 e. The Labute approximate surface area is 125 Å². The number of benzene rings is 2. The van der Waals surface area contributed by atoms with E-state index >= 15 is 0 Å². The van der Waals surface area contributed by atoms with E-state index in [1.165, 1.54) is 12.1 Å². The molecule has 2 aromatic carbocycles. The number of rotatable bonds is 3. The molecule has 1 N–H and O–H groups in total. The lowest BCUT2D eigenvalue weighted by Crippen LogP contribution is -2.04. The van der Waals surface area contributed by atoms with Gasteiger partial charge < -0.3 is 5.11 Å². The number of hydrogen-bond acceptors (Lipinski definition) is 1. The Hall–Kier alpha value is -0.900. The van der Waals surface area contributed by atoms with Crippen molar-refractivity contribution in [2.45, 2.75) is 19.4 Å². The third-order valence-corrected chi connectivity index (χ3v) is 3.89. The molecule has 4 heteroatoms. The molecule has 100 valence electrons. The molecule has 19 heavy (non-hydrogen) atoms. The van der Waals surface area contributed by atoms with Crippen LogP contribution in [0.25, 0.3) is 0 Å². The van der Waals surface area contributed by atoms with Gasteiger partial charge in [0.2, 0.25) is 0 Å². The summed E-state index contributed by atoms with van der Waals surface area (Å²) in [6.07, 6.45) is -0.357. The number of hydrogen-bond donors (Lipinski definition) is 1. The van der Waals surface area contributed by atoms with Crippen molar-refractivity contribution in [3.8, 4) is 0 Å². The van der Waals surface area contributed by atoms with Crippen molar-refractivity contribution in [3.05, 3.63) is 68.4 Å². The van der Waals surface area contributed by atoms with E-state index in [-0.39, 0.29) is 5.82 Å². The average Bonchev–Trinajstić information content (AvgIpc) is 2.31. The minimum atomic E-state index is -0.701. The highest BCUT2D eigenvalue weighted by atomic mass is 79.9. The molecule has 1 atom stereocenters. The van der Waals surface area contributed by atoms with E-state index in [0.29, 0.717) is 15.9 Å². The number of aliphatic hydroxyl groups is 1. The fourth-order valence-corrected chi connectivity index (χ4v) is 2.74. The maximum absolute atomic E-state index is 13.3. The fourth-order valence-electron chi connectivity index (χ4n) is 2.05. The first-order valence-corrected chi connectivity index (χ1v) is 7.02. The normalized spacial score (nSPS) is 12.5. The highest BCUT2D eigenvalue weighted by Crippen LogP contribution is 2.27. The van der Waals surface area contributed by atoms with Crippen molar-refractivity contribution in [1.82, 2.24) is 0 Å². The number of halogens is 3. The van der Waals surface area contributed by atoms with Gasteiger partial charge in [0.15, 0.2) is 0 Å².